The van der Waals surface area contributed by atoms with E-state index in [4.69, 9.17) is 4.74 Å². The van der Waals surface area contributed by atoms with Crippen LogP contribution in [0.2, 0.25) is 0 Å². The maximum absolute atomic E-state index is 13.1. The van der Waals surface area contributed by atoms with Crippen molar-refractivity contribution in [3.8, 4) is 0 Å². The van der Waals surface area contributed by atoms with Crippen LogP contribution in [-0.4, -0.2) is 81.1 Å². The van der Waals surface area contributed by atoms with Gasteiger partial charge in [0.1, 0.15) is 5.82 Å². The van der Waals surface area contributed by atoms with Gasteiger partial charge in [-0.15, -0.1) is 0 Å². The Kier molecular flexibility index (Phi) is 7.77. The summed E-state index contributed by atoms with van der Waals surface area (Å²) in [6.07, 6.45) is 0. The minimum absolute atomic E-state index is 0.0191. The minimum atomic E-state index is -0.379. The van der Waals surface area contributed by atoms with Gasteiger partial charge in [-0.05, 0) is 18.2 Å². The van der Waals surface area contributed by atoms with Gasteiger partial charge in [-0.3, -0.25) is 19.4 Å². The first-order valence-electron chi connectivity index (χ1n) is 8.32. The van der Waals surface area contributed by atoms with E-state index in [2.05, 4.69) is 15.5 Å². The van der Waals surface area contributed by atoms with Crippen molar-refractivity contribution in [2.75, 3.05) is 64.8 Å². The lowest BCUT2D eigenvalue weighted by Gasteiger charge is -2.33. The van der Waals surface area contributed by atoms with E-state index >= 15 is 0 Å². The molecular formula is C17H25FN4O3. The summed E-state index contributed by atoms with van der Waals surface area (Å²) in [5, 5.41) is 5.48. The number of carbonyl (C=O) groups is 2. The summed E-state index contributed by atoms with van der Waals surface area (Å²) >= 11 is 0. The van der Waals surface area contributed by atoms with Crippen LogP contribution in [0.5, 0.6) is 0 Å². The molecule has 2 amide bonds. The first-order chi connectivity index (χ1) is 12.1. The largest absolute Gasteiger partial charge is 0.383 e. The number of nitrogens with zero attached hydrogens (tertiary/aromatic N) is 2. The fourth-order valence-corrected chi connectivity index (χ4v) is 2.63. The fourth-order valence-electron chi connectivity index (χ4n) is 2.63. The smallest absolute Gasteiger partial charge is 0.238 e. The van der Waals surface area contributed by atoms with E-state index in [-0.39, 0.29) is 24.2 Å². The zero-order chi connectivity index (χ0) is 18.1. The second-order valence-corrected chi connectivity index (χ2v) is 5.95. The molecule has 0 atom stereocenters. The van der Waals surface area contributed by atoms with Crippen LogP contribution in [0.15, 0.2) is 24.3 Å². The number of piperazine rings is 1. The Labute approximate surface area is 147 Å². The maximum atomic E-state index is 13.1. The third kappa shape index (κ3) is 7.16. The van der Waals surface area contributed by atoms with Crippen LogP contribution in [0.3, 0.4) is 0 Å². The van der Waals surface area contributed by atoms with Gasteiger partial charge in [0.2, 0.25) is 11.8 Å². The second kappa shape index (κ2) is 10.1. The Morgan fingerprint density at radius 3 is 2.36 bits per heavy atom. The molecule has 1 heterocycles. The lowest BCUT2D eigenvalue weighted by atomic mass is 10.3. The van der Waals surface area contributed by atoms with Crippen molar-refractivity contribution in [1.82, 2.24) is 15.1 Å². The molecule has 0 saturated carbocycles. The Hall–Kier alpha value is -2.03. The van der Waals surface area contributed by atoms with E-state index in [1.54, 1.807) is 19.2 Å². The Morgan fingerprint density at radius 2 is 1.76 bits per heavy atom. The number of benzene rings is 1. The van der Waals surface area contributed by atoms with Gasteiger partial charge < -0.3 is 15.4 Å². The molecule has 25 heavy (non-hydrogen) atoms. The summed E-state index contributed by atoms with van der Waals surface area (Å²) in [5.74, 6) is -0.569. The number of ether oxygens (including phenoxy) is 1. The van der Waals surface area contributed by atoms with E-state index in [0.717, 1.165) is 13.1 Å². The van der Waals surface area contributed by atoms with Crippen LogP contribution < -0.4 is 10.6 Å². The fraction of sp³-hybridized carbons (Fsp3) is 0.529. The molecule has 1 saturated heterocycles. The molecule has 1 aliphatic rings. The molecule has 1 aromatic carbocycles. The monoisotopic (exact) mass is 352 g/mol. The van der Waals surface area contributed by atoms with E-state index < -0.39 is 0 Å². The summed E-state index contributed by atoms with van der Waals surface area (Å²) in [7, 11) is 1.59. The number of amides is 2. The predicted octanol–water partition coefficient (Wildman–Crippen LogP) is 0.144. The van der Waals surface area contributed by atoms with E-state index in [0.29, 0.717) is 38.5 Å². The van der Waals surface area contributed by atoms with Gasteiger partial charge in [0.15, 0.2) is 0 Å². The number of methoxy groups -OCH3 is 1. The van der Waals surface area contributed by atoms with E-state index in [1.165, 1.54) is 12.1 Å². The maximum Gasteiger partial charge on any atom is 0.238 e. The van der Waals surface area contributed by atoms with Crippen molar-refractivity contribution < 1.29 is 18.7 Å². The van der Waals surface area contributed by atoms with E-state index in [1.807, 2.05) is 4.90 Å². The number of hydrogen-bond acceptors (Lipinski definition) is 5. The number of rotatable bonds is 8. The van der Waals surface area contributed by atoms with Crippen molar-refractivity contribution in [1.29, 1.82) is 0 Å². The topological polar surface area (TPSA) is 73.9 Å². The summed E-state index contributed by atoms with van der Waals surface area (Å²) in [4.78, 5) is 27.9. The molecule has 0 bridgehead atoms. The van der Waals surface area contributed by atoms with Gasteiger partial charge in [-0.1, -0.05) is 6.07 Å². The van der Waals surface area contributed by atoms with Crippen LogP contribution in [0.1, 0.15) is 0 Å². The lowest BCUT2D eigenvalue weighted by molar-refractivity contribution is -0.123. The summed E-state index contributed by atoms with van der Waals surface area (Å²) in [6, 6.07) is 5.83. The van der Waals surface area contributed by atoms with Gasteiger partial charge >= 0.3 is 0 Å². The van der Waals surface area contributed by atoms with Crippen molar-refractivity contribution in [3.63, 3.8) is 0 Å². The third-order valence-corrected chi connectivity index (χ3v) is 3.94. The normalized spacial score (nSPS) is 15.8. The zero-order valence-corrected chi connectivity index (χ0v) is 14.5. The van der Waals surface area contributed by atoms with Gasteiger partial charge in [-0.2, -0.15) is 0 Å². The molecule has 2 N–H and O–H groups in total. The van der Waals surface area contributed by atoms with E-state index in [9.17, 15) is 14.0 Å². The molecule has 1 aromatic rings. The molecule has 0 radical (unpaired) electrons. The Bertz CT molecular complexity index is 577. The lowest BCUT2D eigenvalue weighted by Crippen LogP contribution is -2.51. The van der Waals surface area contributed by atoms with Crippen LogP contribution in [0, 0.1) is 5.82 Å². The average molecular weight is 352 g/mol. The molecule has 1 aliphatic heterocycles. The zero-order valence-electron chi connectivity index (χ0n) is 14.5. The van der Waals surface area contributed by atoms with Crippen LogP contribution in [-0.2, 0) is 14.3 Å². The molecule has 0 spiro atoms. The molecule has 138 valence electrons. The van der Waals surface area contributed by atoms with Crippen LogP contribution in [0.25, 0.3) is 0 Å². The van der Waals surface area contributed by atoms with Crippen molar-refractivity contribution in [3.05, 3.63) is 30.1 Å². The minimum Gasteiger partial charge on any atom is -0.383 e. The molecule has 7 nitrogen and oxygen atoms in total. The number of halogens is 1. The highest BCUT2D eigenvalue weighted by Gasteiger charge is 2.20. The SMILES string of the molecule is COCCNC(=O)CN1CCN(CC(=O)Nc2cccc(F)c2)CC1. The molecule has 8 heteroatoms. The number of anilines is 1. The number of carbonyl (C=O) groups excluding carboxylic acids is 2. The second-order valence-electron chi connectivity index (χ2n) is 5.95. The van der Waals surface area contributed by atoms with Crippen LogP contribution >= 0.6 is 0 Å². The third-order valence-electron chi connectivity index (χ3n) is 3.94. The highest BCUT2D eigenvalue weighted by molar-refractivity contribution is 5.92. The predicted molar refractivity (Wildman–Crippen MR) is 92.8 cm³/mol. The van der Waals surface area contributed by atoms with Gasteiger partial charge in [-0.25, -0.2) is 4.39 Å². The summed E-state index contributed by atoms with van der Waals surface area (Å²) in [6.45, 7) is 4.49. The molecule has 0 aromatic heterocycles. The average Bonchev–Trinajstić information content (AvgIpc) is 2.57. The number of hydrogen-bond donors (Lipinski definition) is 2. The Morgan fingerprint density at radius 1 is 1.12 bits per heavy atom. The Balaban J connectivity index is 1.66. The number of nitrogens with one attached hydrogen (secondary N) is 2. The van der Waals surface area contributed by atoms with Crippen molar-refractivity contribution in [2.24, 2.45) is 0 Å². The highest BCUT2D eigenvalue weighted by atomic mass is 19.1. The standard InChI is InChI=1S/C17H25FN4O3/c1-25-10-5-19-16(23)12-21-6-8-22(9-7-21)13-17(24)20-15-4-2-3-14(18)11-15/h2-4,11H,5-10,12-13H2,1H3,(H,19,23)(H,20,24). The van der Waals surface area contributed by atoms with Gasteiger partial charge in [0, 0.05) is 45.5 Å². The first-order valence-corrected chi connectivity index (χ1v) is 8.32. The molecule has 0 unspecified atom stereocenters. The van der Waals surface area contributed by atoms with Crippen LogP contribution in [0.4, 0.5) is 10.1 Å². The van der Waals surface area contributed by atoms with Crippen molar-refractivity contribution >= 4 is 17.5 Å². The van der Waals surface area contributed by atoms with Gasteiger partial charge in [0.25, 0.3) is 0 Å². The molecule has 1 fully saturated rings. The van der Waals surface area contributed by atoms with Gasteiger partial charge in [0.05, 0.1) is 19.7 Å². The molecule has 0 aliphatic carbocycles. The summed E-state index contributed by atoms with van der Waals surface area (Å²) in [5.41, 5.74) is 0.455. The van der Waals surface area contributed by atoms with Crippen molar-refractivity contribution in [2.45, 2.75) is 0 Å². The quantitative estimate of drug-likeness (QED) is 0.652. The summed E-state index contributed by atoms with van der Waals surface area (Å²) < 4.78 is 18.0. The highest BCUT2D eigenvalue weighted by Crippen LogP contribution is 2.09. The molecular weight excluding hydrogens is 327 g/mol. The first kappa shape index (κ1) is 19.3. The molecule has 2 rings (SSSR count).